The fourth-order valence-corrected chi connectivity index (χ4v) is 5.26. The molecule has 28 heavy (non-hydrogen) atoms. The second-order valence-electron chi connectivity index (χ2n) is 8.87. The van der Waals surface area contributed by atoms with Crippen molar-refractivity contribution in [2.24, 2.45) is 0 Å². The van der Waals surface area contributed by atoms with Crippen molar-refractivity contribution in [3.63, 3.8) is 0 Å². The Morgan fingerprint density at radius 2 is 1.86 bits per heavy atom. The molecule has 0 saturated carbocycles. The van der Waals surface area contributed by atoms with Crippen molar-refractivity contribution in [2.45, 2.75) is 58.5 Å². The highest BCUT2D eigenvalue weighted by Gasteiger charge is 2.22. The van der Waals surface area contributed by atoms with E-state index in [1.54, 1.807) is 0 Å². The molecule has 2 aliphatic rings. The third kappa shape index (κ3) is 4.82. The van der Waals surface area contributed by atoms with E-state index < -0.39 is 0 Å². The minimum Gasteiger partial charge on any atom is -0.379 e. The number of hydrogen-bond donors (Lipinski definition) is 2. The average molecular weight is 404 g/mol. The number of rotatable bonds is 6. The van der Waals surface area contributed by atoms with Crippen LogP contribution in [-0.2, 0) is 24.1 Å². The van der Waals surface area contributed by atoms with E-state index in [-0.39, 0.29) is 5.54 Å². The van der Waals surface area contributed by atoms with Crippen LogP contribution >= 0.6 is 11.3 Å². The minimum absolute atomic E-state index is 0.131. The van der Waals surface area contributed by atoms with Gasteiger partial charge in [0.05, 0.1) is 25.1 Å². The molecule has 1 fully saturated rings. The molecular formula is C21H33N5OS. The van der Waals surface area contributed by atoms with Crippen LogP contribution in [0.1, 0.15) is 49.9 Å². The van der Waals surface area contributed by atoms with Gasteiger partial charge in [0, 0.05) is 36.6 Å². The zero-order valence-corrected chi connectivity index (χ0v) is 18.3. The standard InChI is InChI=1S/C21H33N5OS/c1-21(2,3)23-9-8-22-19-18-15-6-4-5-7-16(15)28-20(18)25-17(24-19)14-26-10-12-27-13-11-26/h23H,4-14H2,1-3H3,(H,22,24,25). The molecule has 1 saturated heterocycles. The maximum Gasteiger partial charge on any atom is 0.146 e. The van der Waals surface area contributed by atoms with Crippen LogP contribution in [0, 0.1) is 0 Å². The van der Waals surface area contributed by atoms with Crippen LogP contribution < -0.4 is 10.6 Å². The maximum absolute atomic E-state index is 5.48. The van der Waals surface area contributed by atoms with Crippen molar-refractivity contribution >= 4 is 27.4 Å². The summed E-state index contributed by atoms with van der Waals surface area (Å²) in [7, 11) is 0. The highest BCUT2D eigenvalue weighted by Crippen LogP contribution is 2.38. The SMILES string of the molecule is CC(C)(C)NCCNc1nc(CN2CCOCC2)nc2sc3c(c12)CCCC3. The van der Waals surface area contributed by atoms with Gasteiger partial charge in [0.2, 0.25) is 0 Å². The Balaban J connectivity index is 1.58. The molecule has 0 radical (unpaired) electrons. The minimum atomic E-state index is 0.131. The number of ether oxygens (including phenoxy) is 1. The molecule has 154 valence electrons. The largest absolute Gasteiger partial charge is 0.379 e. The van der Waals surface area contributed by atoms with E-state index >= 15 is 0 Å². The van der Waals surface area contributed by atoms with Gasteiger partial charge in [0.15, 0.2) is 0 Å². The molecular weight excluding hydrogens is 370 g/mol. The molecule has 7 heteroatoms. The first-order chi connectivity index (χ1) is 13.5. The number of morpholine rings is 1. The molecule has 0 unspecified atom stereocenters. The lowest BCUT2D eigenvalue weighted by molar-refractivity contribution is 0.0331. The summed E-state index contributed by atoms with van der Waals surface area (Å²) in [4.78, 5) is 15.0. The lowest BCUT2D eigenvalue weighted by Gasteiger charge is -2.26. The lowest BCUT2D eigenvalue weighted by atomic mass is 9.97. The van der Waals surface area contributed by atoms with Gasteiger partial charge in [-0.3, -0.25) is 4.90 Å². The molecule has 1 aliphatic carbocycles. The summed E-state index contributed by atoms with van der Waals surface area (Å²) in [6.45, 7) is 12.7. The Kier molecular flexibility index (Phi) is 6.16. The van der Waals surface area contributed by atoms with E-state index in [1.165, 1.54) is 35.1 Å². The molecule has 1 aliphatic heterocycles. The Labute approximate surface area is 172 Å². The zero-order chi connectivity index (χ0) is 19.6. The van der Waals surface area contributed by atoms with E-state index in [0.717, 1.165) is 68.8 Å². The fourth-order valence-electron chi connectivity index (χ4n) is 3.98. The maximum atomic E-state index is 5.48. The summed E-state index contributed by atoms with van der Waals surface area (Å²) in [6.07, 6.45) is 4.93. The molecule has 2 N–H and O–H groups in total. The van der Waals surface area contributed by atoms with Gasteiger partial charge in [-0.25, -0.2) is 9.97 Å². The van der Waals surface area contributed by atoms with Crippen LogP contribution in [-0.4, -0.2) is 59.8 Å². The van der Waals surface area contributed by atoms with Crippen molar-refractivity contribution in [3.8, 4) is 0 Å². The first kappa shape index (κ1) is 20.0. The number of hydrogen-bond acceptors (Lipinski definition) is 7. The Hall–Kier alpha value is -1.28. The van der Waals surface area contributed by atoms with Crippen LogP contribution in [0.2, 0.25) is 0 Å². The first-order valence-electron chi connectivity index (χ1n) is 10.6. The van der Waals surface area contributed by atoms with Crippen LogP contribution in [0.5, 0.6) is 0 Å². The van der Waals surface area contributed by atoms with Gasteiger partial charge in [-0.1, -0.05) is 0 Å². The summed E-state index contributed by atoms with van der Waals surface area (Å²) in [5, 5.41) is 8.45. The van der Waals surface area contributed by atoms with Crippen molar-refractivity contribution < 1.29 is 4.74 Å². The van der Waals surface area contributed by atoms with E-state index in [1.807, 2.05) is 11.3 Å². The van der Waals surface area contributed by atoms with Crippen LogP contribution in [0.3, 0.4) is 0 Å². The Bertz CT molecular complexity index is 807. The number of thiophene rings is 1. The van der Waals surface area contributed by atoms with E-state index in [2.05, 4.69) is 36.3 Å². The van der Waals surface area contributed by atoms with Crippen molar-refractivity contribution in [1.82, 2.24) is 20.2 Å². The van der Waals surface area contributed by atoms with E-state index in [4.69, 9.17) is 14.7 Å². The number of anilines is 1. The van der Waals surface area contributed by atoms with Gasteiger partial charge in [-0.2, -0.15) is 0 Å². The number of nitrogens with zero attached hydrogens (tertiary/aromatic N) is 3. The van der Waals surface area contributed by atoms with Gasteiger partial charge in [0.25, 0.3) is 0 Å². The molecule has 0 spiro atoms. The molecule has 0 amide bonds. The summed E-state index contributed by atoms with van der Waals surface area (Å²) in [5.41, 5.74) is 1.63. The smallest absolute Gasteiger partial charge is 0.146 e. The highest BCUT2D eigenvalue weighted by molar-refractivity contribution is 7.19. The molecule has 3 heterocycles. The Morgan fingerprint density at radius 1 is 1.07 bits per heavy atom. The highest BCUT2D eigenvalue weighted by atomic mass is 32.1. The second-order valence-corrected chi connectivity index (χ2v) is 9.96. The van der Waals surface area contributed by atoms with Crippen molar-refractivity contribution in [3.05, 3.63) is 16.3 Å². The lowest BCUT2D eigenvalue weighted by Crippen LogP contribution is -2.38. The molecule has 2 aromatic rings. The number of aromatic nitrogens is 2. The Morgan fingerprint density at radius 3 is 2.64 bits per heavy atom. The molecule has 2 aromatic heterocycles. The quantitative estimate of drug-likeness (QED) is 0.722. The third-order valence-corrected chi connectivity index (χ3v) is 6.59. The number of aryl methyl sites for hydroxylation is 2. The molecule has 4 rings (SSSR count). The molecule has 0 aromatic carbocycles. The zero-order valence-electron chi connectivity index (χ0n) is 17.4. The third-order valence-electron chi connectivity index (χ3n) is 5.40. The number of fused-ring (bicyclic) bond motifs is 3. The summed E-state index contributed by atoms with van der Waals surface area (Å²) < 4.78 is 5.48. The molecule has 0 bridgehead atoms. The van der Waals surface area contributed by atoms with Crippen LogP contribution in [0.4, 0.5) is 5.82 Å². The van der Waals surface area contributed by atoms with Gasteiger partial charge < -0.3 is 15.4 Å². The van der Waals surface area contributed by atoms with Gasteiger partial charge in [0.1, 0.15) is 16.5 Å². The first-order valence-corrected chi connectivity index (χ1v) is 11.4. The van der Waals surface area contributed by atoms with Crippen LogP contribution in [0.25, 0.3) is 10.2 Å². The predicted octanol–water partition coefficient (Wildman–Crippen LogP) is 3.20. The van der Waals surface area contributed by atoms with Gasteiger partial charge in [-0.05, 0) is 52.0 Å². The predicted molar refractivity (Wildman–Crippen MR) is 116 cm³/mol. The van der Waals surface area contributed by atoms with E-state index in [0.29, 0.717) is 0 Å². The van der Waals surface area contributed by atoms with Gasteiger partial charge in [-0.15, -0.1) is 11.3 Å². The topological polar surface area (TPSA) is 62.3 Å². The van der Waals surface area contributed by atoms with Gasteiger partial charge >= 0.3 is 0 Å². The van der Waals surface area contributed by atoms with E-state index in [9.17, 15) is 0 Å². The summed E-state index contributed by atoms with van der Waals surface area (Å²) >= 11 is 1.88. The second kappa shape index (κ2) is 8.61. The summed E-state index contributed by atoms with van der Waals surface area (Å²) in [5.74, 6) is 1.96. The molecule has 0 atom stereocenters. The normalized spacial score (nSPS) is 18.4. The average Bonchev–Trinajstić information content (AvgIpc) is 3.03. The van der Waals surface area contributed by atoms with Crippen molar-refractivity contribution in [2.75, 3.05) is 44.7 Å². The van der Waals surface area contributed by atoms with Crippen molar-refractivity contribution in [1.29, 1.82) is 0 Å². The molecule has 6 nitrogen and oxygen atoms in total. The number of nitrogens with one attached hydrogen (secondary N) is 2. The summed E-state index contributed by atoms with van der Waals surface area (Å²) in [6, 6.07) is 0. The van der Waals surface area contributed by atoms with Crippen LogP contribution in [0.15, 0.2) is 0 Å². The fraction of sp³-hybridized carbons (Fsp3) is 0.714. The monoisotopic (exact) mass is 403 g/mol.